The van der Waals surface area contributed by atoms with Crippen molar-refractivity contribution in [3.8, 4) is 21.7 Å². The fourth-order valence-electron chi connectivity index (χ4n) is 4.68. The van der Waals surface area contributed by atoms with E-state index in [0.717, 1.165) is 45.2 Å². The Bertz CT molecular complexity index is 1190. The summed E-state index contributed by atoms with van der Waals surface area (Å²) < 4.78 is 0. The Kier molecular flexibility index (Phi) is 6.70. The molecule has 5 rings (SSSR count). The minimum Gasteiger partial charge on any atom is -0.370 e. The lowest BCUT2D eigenvalue weighted by atomic mass is 10.1. The van der Waals surface area contributed by atoms with E-state index in [1.807, 2.05) is 42.5 Å². The molecule has 2 N–H and O–H groups in total. The van der Waals surface area contributed by atoms with Crippen LogP contribution in [0, 0.1) is 0 Å². The van der Waals surface area contributed by atoms with Crippen LogP contribution < -0.4 is 10.8 Å². The summed E-state index contributed by atoms with van der Waals surface area (Å²) in [6, 6.07) is 28.7. The summed E-state index contributed by atoms with van der Waals surface area (Å²) in [5.41, 5.74) is 4.63. The fourth-order valence-corrected chi connectivity index (χ4v) is 5.85. The third-order valence-electron chi connectivity index (χ3n) is 6.40. The van der Waals surface area contributed by atoms with Gasteiger partial charge in [0.1, 0.15) is 0 Å². The molecule has 0 atom stereocenters. The van der Waals surface area contributed by atoms with Crippen LogP contribution in [-0.4, -0.2) is 17.0 Å². The zero-order valence-corrected chi connectivity index (χ0v) is 19.7. The molecule has 0 bridgehead atoms. The SMILES string of the molecule is NOC(=O)c1ccccc1CN(c1nc(-c2ccccc2)c(-c2ccccc2)s1)C1CCCC1. The molecule has 6 heteroatoms. The van der Waals surface area contributed by atoms with E-state index in [-0.39, 0.29) is 0 Å². The fraction of sp³-hybridized carbons (Fsp3) is 0.214. The lowest BCUT2D eigenvalue weighted by Crippen LogP contribution is -2.33. The third kappa shape index (κ3) is 4.60. The van der Waals surface area contributed by atoms with Crippen molar-refractivity contribution in [1.82, 2.24) is 4.98 Å². The Morgan fingerprint density at radius 3 is 2.21 bits per heavy atom. The number of hydrogen-bond donors (Lipinski definition) is 1. The molecule has 1 aliphatic rings. The van der Waals surface area contributed by atoms with Crippen molar-refractivity contribution < 1.29 is 9.63 Å². The molecule has 0 saturated heterocycles. The number of anilines is 1. The Morgan fingerprint density at radius 1 is 0.912 bits per heavy atom. The first kappa shape index (κ1) is 22.3. The molecule has 5 nitrogen and oxygen atoms in total. The van der Waals surface area contributed by atoms with Gasteiger partial charge in [0.15, 0.2) is 5.13 Å². The maximum absolute atomic E-state index is 12.3. The van der Waals surface area contributed by atoms with Gasteiger partial charge in [-0.1, -0.05) is 103 Å². The van der Waals surface area contributed by atoms with E-state index in [1.54, 1.807) is 17.4 Å². The van der Waals surface area contributed by atoms with Gasteiger partial charge < -0.3 is 9.74 Å². The molecule has 1 fully saturated rings. The van der Waals surface area contributed by atoms with Gasteiger partial charge in [-0.3, -0.25) is 0 Å². The molecule has 4 aromatic rings. The number of carbonyl (C=O) groups excluding carboxylic acids is 1. The van der Waals surface area contributed by atoms with Gasteiger partial charge in [-0.25, -0.2) is 9.78 Å². The van der Waals surface area contributed by atoms with E-state index in [1.165, 1.54) is 12.8 Å². The minimum atomic E-state index is -0.518. The molecule has 172 valence electrons. The summed E-state index contributed by atoms with van der Waals surface area (Å²) in [5, 5.41) is 0.973. The summed E-state index contributed by atoms with van der Waals surface area (Å²) >= 11 is 1.72. The van der Waals surface area contributed by atoms with Crippen LogP contribution in [0.15, 0.2) is 84.9 Å². The Balaban J connectivity index is 1.60. The average Bonchev–Trinajstić information content (AvgIpc) is 3.59. The maximum atomic E-state index is 12.3. The number of carbonyl (C=O) groups is 1. The molecule has 0 radical (unpaired) electrons. The van der Waals surface area contributed by atoms with Crippen molar-refractivity contribution in [2.75, 3.05) is 4.90 Å². The van der Waals surface area contributed by atoms with Gasteiger partial charge in [-0.15, -0.1) is 0 Å². The van der Waals surface area contributed by atoms with E-state index in [0.29, 0.717) is 18.2 Å². The molecule has 0 spiro atoms. The molecule has 0 aliphatic heterocycles. The zero-order valence-electron chi connectivity index (χ0n) is 18.9. The zero-order chi connectivity index (χ0) is 23.3. The van der Waals surface area contributed by atoms with Gasteiger partial charge in [-0.2, -0.15) is 5.90 Å². The van der Waals surface area contributed by atoms with Crippen LogP contribution in [0.5, 0.6) is 0 Å². The summed E-state index contributed by atoms with van der Waals surface area (Å²) in [6.45, 7) is 0.575. The number of benzene rings is 3. The maximum Gasteiger partial charge on any atom is 0.356 e. The van der Waals surface area contributed by atoms with E-state index in [9.17, 15) is 4.79 Å². The van der Waals surface area contributed by atoms with Crippen molar-refractivity contribution in [3.05, 3.63) is 96.1 Å². The first-order chi connectivity index (χ1) is 16.7. The van der Waals surface area contributed by atoms with E-state index in [2.05, 4.69) is 46.1 Å². The van der Waals surface area contributed by atoms with Crippen LogP contribution in [-0.2, 0) is 11.4 Å². The molecule has 3 aromatic carbocycles. The van der Waals surface area contributed by atoms with Crippen LogP contribution >= 0.6 is 11.3 Å². The second-order valence-electron chi connectivity index (χ2n) is 8.53. The summed E-state index contributed by atoms with van der Waals surface area (Å²) in [7, 11) is 0. The summed E-state index contributed by atoms with van der Waals surface area (Å²) in [6.07, 6.45) is 4.64. The topological polar surface area (TPSA) is 68.5 Å². The summed E-state index contributed by atoms with van der Waals surface area (Å²) in [5.74, 6) is 4.70. The second-order valence-corrected chi connectivity index (χ2v) is 9.51. The van der Waals surface area contributed by atoms with Gasteiger partial charge >= 0.3 is 5.97 Å². The second kappa shape index (κ2) is 10.2. The predicted octanol–water partition coefficient (Wildman–Crippen LogP) is 6.46. The predicted molar refractivity (Wildman–Crippen MR) is 137 cm³/mol. The van der Waals surface area contributed by atoms with Gasteiger partial charge in [0.05, 0.1) is 16.1 Å². The van der Waals surface area contributed by atoms with Crippen molar-refractivity contribution >= 4 is 22.4 Å². The average molecular weight is 470 g/mol. The highest BCUT2D eigenvalue weighted by molar-refractivity contribution is 7.19. The number of aromatic nitrogens is 1. The van der Waals surface area contributed by atoms with Crippen LogP contribution in [0.1, 0.15) is 41.6 Å². The molecular formula is C28H27N3O2S. The van der Waals surface area contributed by atoms with Crippen LogP contribution in [0.2, 0.25) is 0 Å². The smallest absolute Gasteiger partial charge is 0.356 e. The Morgan fingerprint density at radius 2 is 1.53 bits per heavy atom. The molecule has 1 heterocycles. The van der Waals surface area contributed by atoms with Crippen molar-refractivity contribution in [2.24, 2.45) is 5.90 Å². The van der Waals surface area contributed by atoms with E-state index >= 15 is 0 Å². The van der Waals surface area contributed by atoms with Crippen LogP contribution in [0.4, 0.5) is 5.13 Å². The molecule has 1 aliphatic carbocycles. The van der Waals surface area contributed by atoms with Crippen LogP contribution in [0.25, 0.3) is 21.7 Å². The van der Waals surface area contributed by atoms with Gasteiger partial charge in [0.2, 0.25) is 0 Å². The van der Waals surface area contributed by atoms with Crippen LogP contribution in [0.3, 0.4) is 0 Å². The molecule has 1 saturated carbocycles. The molecule has 0 unspecified atom stereocenters. The van der Waals surface area contributed by atoms with Crippen molar-refractivity contribution in [3.63, 3.8) is 0 Å². The number of nitrogens with two attached hydrogens (primary N) is 1. The van der Waals surface area contributed by atoms with Crippen molar-refractivity contribution in [1.29, 1.82) is 0 Å². The van der Waals surface area contributed by atoms with Gasteiger partial charge in [0, 0.05) is 18.2 Å². The molecule has 1 aromatic heterocycles. The lowest BCUT2D eigenvalue weighted by Gasteiger charge is -2.29. The minimum absolute atomic E-state index is 0.375. The quantitative estimate of drug-likeness (QED) is 0.315. The largest absolute Gasteiger partial charge is 0.370 e. The Labute approximate surface area is 203 Å². The number of thiazole rings is 1. The lowest BCUT2D eigenvalue weighted by molar-refractivity contribution is 0.0502. The van der Waals surface area contributed by atoms with Gasteiger partial charge in [0.25, 0.3) is 0 Å². The first-order valence-corrected chi connectivity index (χ1v) is 12.4. The summed E-state index contributed by atoms with van der Waals surface area (Å²) in [4.78, 5) is 25.6. The number of hydrogen-bond acceptors (Lipinski definition) is 6. The highest BCUT2D eigenvalue weighted by Gasteiger charge is 2.28. The molecule has 0 amide bonds. The van der Waals surface area contributed by atoms with E-state index in [4.69, 9.17) is 10.9 Å². The third-order valence-corrected chi connectivity index (χ3v) is 7.54. The van der Waals surface area contributed by atoms with Gasteiger partial charge in [-0.05, 0) is 30.0 Å². The van der Waals surface area contributed by atoms with Crippen molar-refractivity contribution in [2.45, 2.75) is 38.3 Å². The Hall–Kier alpha value is -3.48. The first-order valence-electron chi connectivity index (χ1n) is 11.6. The standard InChI is InChI=1S/C28H27N3O2S/c29-33-27(32)24-18-10-7-15-22(24)19-31(23-16-8-9-17-23)28-30-25(20-11-3-1-4-12-20)26(34-28)21-13-5-2-6-14-21/h1-7,10-15,18,23H,8-9,16-17,19,29H2. The molecule has 34 heavy (non-hydrogen) atoms. The molecular weight excluding hydrogens is 442 g/mol. The highest BCUT2D eigenvalue weighted by atomic mass is 32.1. The normalized spacial score (nSPS) is 13.7. The highest BCUT2D eigenvalue weighted by Crippen LogP contribution is 2.42. The number of nitrogens with zero attached hydrogens (tertiary/aromatic N) is 2. The number of rotatable bonds is 7. The van der Waals surface area contributed by atoms with E-state index < -0.39 is 5.97 Å². The monoisotopic (exact) mass is 469 g/mol.